The van der Waals surface area contributed by atoms with Gasteiger partial charge in [-0.2, -0.15) is 0 Å². The second-order valence-electron chi connectivity index (χ2n) is 6.27. The molecule has 0 fully saturated rings. The number of amides is 1. The van der Waals surface area contributed by atoms with Crippen LogP contribution in [0, 0.1) is 13.8 Å². The molecule has 1 amide bonds. The number of benzene rings is 2. The van der Waals surface area contributed by atoms with E-state index in [4.69, 9.17) is 4.74 Å². The summed E-state index contributed by atoms with van der Waals surface area (Å²) in [6.07, 6.45) is 0. The van der Waals surface area contributed by atoms with Crippen LogP contribution < -0.4 is 10.1 Å². The lowest BCUT2D eigenvalue weighted by Crippen LogP contribution is -2.23. The molecule has 0 aliphatic carbocycles. The third kappa shape index (κ3) is 4.58. The normalized spacial score (nSPS) is 11.2. The Kier molecular flexibility index (Phi) is 5.81. The minimum atomic E-state index is -3.71. The minimum absolute atomic E-state index is 0.127. The van der Waals surface area contributed by atoms with Gasteiger partial charge in [0.1, 0.15) is 11.5 Å². The van der Waals surface area contributed by atoms with Gasteiger partial charge in [0, 0.05) is 10.4 Å². The van der Waals surface area contributed by atoms with E-state index in [9.17, 15) is 13.2 Å². The van der Waals surface area contributed by atoms with Crippen molar-refractivity contribution in [1.29, 1.82) is 0 Å². The molecule has 1 aromatic heterocycles. The summed E-state index contributed by atoms with van der Waals surface area (Å²) in [5.41, 5.74) is 2.58. The van der Waals surface area contributed by atoms with Crippen LogP contribution in [-0.2, 0) is 14.6 Å². The average molecular weight is 417 g/mol. The van der Waals surface area contributed by atoms with Crippen LogP contribution in [-0.4, -0.2) is 32.2 Å². The molecule has 8 heteroatoms. The first-order valence-corrected chi connectivity index (χ1v) is 11.0. The van der Waals surface area contributed by atoms with Crippen LogP contribution >= 0.6 is 11.3 Å². The SMILES string of the molecule is COc1ccc(-c2nc(NC(=O)CS(=O)(=O)c3ccc(C)cc3)sc2C)cc1. The Morgan fingerprint density at radius 1 is 1.07 bits per heavy atom. The van der Waals surface area contributed by atoms with Crippen LogP contribution in [0.5, 0.6) is 5.75 Å². The van der Waals surface area contributed by atoms with E-state index < -0.39 is 21.5 Å². The van der Waals surface area contributed by atoms with E-state index >= 15 is 0 Å². The summed E-state index contributed by atoms with van der Waals surface area (Å²) in [4.78, 5) is 17.8. The molecular weight excluding hydrogens is 396 g/mol. The number of carbonyl (C=O) groups is 1. The number of sulfone groups is 1. The maximum atomic E-state index is 12.4. The van der Waals surface area contributed by atoms with Crippen molar-refractivity contribution in [1.82, 2.24) is 4.98 Å². The number of aromatic nitrogens is 1. The Hall–Kier alpha value is -2.71. The highest BCUT2D eigenvalue weighted by Gasteiger charge is 2.20. The molecule has 0 radical (unpaired) electrons. The monoisotopic (exact) mass is 416 g/mol. The van der Waals surface area contributed by atoms with E-state index in [1.807, 2.05) is 38.1 Å². The minimum Gasteiger partial charge on any atom is -0.497 e. The number of nitrogens with zero attached hydrogens (tertiary/aromatic N) is 1. The fourth-order valence-corrected chi connectivity index (χ4v) is 4.61. The van der Waals surface area contributed by atoms with E-state index in [1.165, 1.54) is 23.5 Å². The molecule has 6 nitrogen and oxygen atoms in total. The molecule has 0 saturated heterocycles. The molecule has 0 saturated carbocycles. The van der Waals surface area contributed by atoms with Crippen molar-refractivity contribution in [3.8, 4) is 17.0 Å². The number of thiazole rings is 1. The zero-order valence-corrected chi connectivity index (χ0v) is 17.4. The van der Waals surface area contributed by atoms with Crippen molar-refractivity contribution in [2.24, 2.45) is 0 Å². The Morgan fingerprint density at radius 2 is 1.71 bits per heavy atom. The summed E-state index contributed by atoms with van der Waals surface area (Å²) in [6, 6.07) is 13.9. The van der Waals surface area contributed by atoms with Gasteiger partial charge in [0.15, 0.2) is 15.0 Å². The summed E-state index contributed by atoms with van der Waals surface area (Å²) in [5, 5.41) is 2.97. The quantitative estimate of drug-likeness (QED) is 0.660. The molecular formula is C20H20N2O4S2. The summed E-state index contributed by atoms with van der Waals surface area (Å²) < 4.78 is 30.0. The summed E-state index contributed by atoms with van der Waals surface area (Å²) >= 11 is 1.30. The number of nitrogens with one attached hydrogen (secondary N) is 1. The third-order valence-corrected chi connectivity index (χ3v) is 6.63. The molecule has 1 N–H and O–H groups in total. The summed E-state index contributed by atoms with van der Waals surface area (Å²) in [6.45, 7) is 3.77. The molecule has 2 aromatic carbocycles. The van der Waals surface area contributed by atoms with Crippen LogP contribution in [0.25, 0.3) is 11.3 Å². The highest BCUT2D eigenvalue weighted by Crippen LogP contribution is 2.31. The number of anilines is 1. The smallest absolute Gasteiger partial charge is 0.241 e. The van der Waals surface area contributed by atoms with Crippen LogP contribution in [0.3, 0.4) is 0 Å². The number of carbonyl (C=O) groups excluding carboxylic acids is 1. The zero-order chi connectivity index (χ0) is 20.3. The van der Waals surface area contributed by atoms with Gasteiger partial charge in [0.25, 0.3) is 0 Å². The van der Waals surface area contributed by atoms with Gasteiger partial charge in [-0.3, -0.25) is 4.79 Å². The Bertz CT molecular complexity index is 1090. The molecule has 0 unspecified atom stereocenters. The Labute approximate surface area is 168 Å². The van der Waals surface area contributed by atoms with Crippen LogP contribution in [0.1, 0.15) is 10.4 Å². The van der Waals surface area contributed by atoms with Crippen molar-refractivity contribution in [3.63, 3.8) is 0 Å². The summed E-state index contributed by atoms with van der Waals surface area (Å²) in [7, 11) is -2.11. The van der Waals surface area contributed by atoms with Crippen molar-refractivity contribution in [2.75, 3.05) is 18.2 Å². The molecule has 3 aromatic rings. The molecule has 0 aliphatic rings. The first kappa shape index (κ1) is 20.0. The van der Waals surface area contributed by atoms with E-state index in [0.29, 0.717) is 5.13 Å². The molecule has 0 atom stereocenters. The van der Waals surface area contributed by atoms with E-state index in [2.05, 4.69) is 10.3 Å². The van der Waals surface area contributed by atoms with Gasteiger partial charge < -0.3 is 10.1 Å². The van der Waals surface area contributed by atoms with Crippen LogP contribution in [0.4, 0.5) is 5.13 Å². The first-order chi connectivity index (χ1) is 13.3. The molecule has 1 heterocycles. The lowest BCUT2D eigenvalue weighted by Gasteiger charge is -2.05. The van der Waals surface area contributed by atoms with Crippen molar-refractivity contribution < 1.29 is 17.9 Å². The second-order valence-corrected chi connectivity index (χ2v) is 9.47. The van der Waals surface area contributed by atoms with Gasteiger partial charge in [-0.05, 0) is 50.2 Å². The number of hydrogen-bond acceptors (Lipinski definition) is 6. The maximum Gasteiger partial charge on any atom is 0.241 e. The number of rotatable bonds is 6. The van der Waals surface area contributed by atoms with E-state index in [1.54, 1.807) is 19.2 Å². The fraction of sp³-hybridized carbons (Fsp3) is 0.200. The zero-order valence-electron chi connectivity index (χ0n) is 15.7. The van der Waals surface area contributed by atoms with Gasteiger partial charge >= 0.3 is 0 Å². The predicted octanol–water partition coefficient (Wildman–Crippen LogP) is 3.85. The number of aryl methyl sites for hydroxylation is 2. The molecule has 3 rings (SSSR count). The maximum absolute atomic E-state index is 12.4. The van der Waals surface area contributed by atoms with Crippen LogP contribution in [0.2, 0.25) is 0 Å². The molecule has 28 heavy (non-hydrogen) atoms. The van der Waals surface area contributed by atoms with Crippen LogP contribution in [0.15, 0.2) is 53.4 Å². The van der Waals surface area contributed by atoms with Gasteiger partial charge in [-0.1, -0.05) is 17.7 Å². The van der Waals surface area contributed by atoms with E-state index in [-0.39, 0.29) is 4.90 Å². The second kappa shape index (κ2) is 8.12. The number of methoxy groups -OCH3 is 1. The number of ether oxygens (including phenoxy) is 1. The van der Waals surface area contributed by atoms with Gasteiger partial charge in [-0.15, -0.1) is 11.3 Å². The largest absolute Gasteiger partial charge is 0.497 e. The Morgan fingerprint density at radius 3 is 2.32 bits per heavy atom. The average Bonchev–Trinajstić information content (AvgIpc) is 3.01. The molecule has 146 valence electrons. The fourth-order valence-electron chi connectivity index (χ4n) is 2.62. The standard InChI is InChI=1S/C20H20N2O4S2/c1-13-4-10-17(11-5-13)28(24,25)12-18(23)21-20-22-19(14(2)27-20)15-6-8-16(26-3)9-7-15/h4-11H,12H2,1-3H3,(H,21,22,23). The van der Waals surface area contributed by atoms with Crippen molar-refractivity contribution in [3.05, 3.63) is 59.0 Å². The van der Waals surface area contributed by atoms with Gasteiger partial charge in [0.05, 0.1) is 17.7 Å². The lowest BCUT2D eigenvalue weighted by atomic mass is 10.1. The van der Waals surface area contributed by atoms with E-state index in [0.717, 1.165) is 27.4 Å². The van der Waals surface area contributed by atoms with Crippen molar-refractivity contribution >= 4 is 32.2 Å². The first-order valence-electron chi connectivity index (χ1n) is 8.49. The molecule has 0 bridgehead atoms. The molecule has 0 aliphatic heterocycles. The highest BCUT2D eigenvalue weighted by molar-refractivity contribution is 7.92. The highest BCUT2D eigenvalue weighted by atomic mass is 32.2. The summed E-state index contributed by atoms with van der Waals surface area (Å²) in [5.74, 6) is -0.505. The van der Waals surface area contributed by atoms with Gasteiger partial charge in [-0.25, -0.2) is 13.4 Å². The molecule has 0 spiro atoms. The van der Waals surface area contributed by atoms with Gasteiger partial charge in [0.2, 0.25) is 5.91 Å². The van der Waals surface area contributed by atoms with Crippen molar-refractivity contribution in [2.45, 2.75) is 18.7 Å². The third-order valence-electron chi connectivity index (χ3n) is 4.11. The Balaban J connectivity index is 1.73. The number of hydrogen-bond donors (Lipinski definition) is 1. The predicted molar refractivity (Wildman–Crippen MR) is 111 cm³/mol. The topological polar surface area (TPSA) is 85.4 Å². The lowest BCUT2D eigenvalue weighted by molar-refractivity contribution is -0.113.